The minimum atomic E-state index is -1.04. The first-order chi connectivity index (χ1) is 11.1. The molecule has 0 aliphatic carbocycles. The van der Waals surface area contributed by atoms with Gasteiger partial charge >= 0.3 is 5.97 Å². The van der Waals surface area contributed by atoms with Gasteiger partial charge in [0.2, 0.25) is 5.78 Å². The molecule has 2 aromatic rings. The zero-order valence-corrected chi connectivity index (χ0v) is 12.9. The van der Waals surface area contributed by atoms with E-state index in [9.17, 15) is 14.4 Å². The second-order valence-electron chi connectivity index (χ2n) is 4.84. The lowest BCUT2D eigenvalue weighted by molar-refractivity contribution is -0.180. The zero-order chi connectivity index (χ0) is 16.8. The molecule has 0 aliphatic heterocycles. The lowest BCUT2D eigenvalue weighted by Crippen LogP contribution is -2.33. The molecule has 6 nitrogen and oxygen atoms in total. The highest BCUT2D eigenvalue weighted by molar-refractivity contribution is 6.36. The number of esters is 1. The van der Waals surface area contributed by atoms with Gasteiger partial charge < -0.3 is 4.74 Å². The van der Waals surface area contributed by atoms with Crippen molar-refractivity contribution in [3.63, 3.8) is 0 Å². The van der Waals surface area contributed by atoms with Crippen LogP contribution in [0.1, 0.15) is 12.0 Å². The second-order valence-corrected chi connectivity index (χ2v) is 4.84. The Labute approximate surface area is 133 Å². The summed E-state index contributed by atoms with van der Waals surface area (Å²) < 4.78 is 4.30. The van der Waals surface area contributed by atoms with Gasteiger partial charge in [0.05, 0.1) is 27.2 Å². The van der Waals surface area contributed by atoms with E-state index in [0.29, 0.717) is 0 Å². The maximum atomic E-state index is 12.1. The van der Waals surface area contributed by atoms with Crippen LogP contribution in [0.2, 0.25) is 0 Å². The Morgan fingerprint density at radius 1 is 1.00 bits per heavy atom. The summed E-state index contributed by atoms with van der Waals surface area (Å²) in [6, 6.07) is 13.5. The molecule has 0 saturated carbocycles. The molecule has 0 unspecified atom stereocenters. The minimum Gasteiger partial charge on any atom is -0.463 e. The summed E-state index contributed by atoms with van der Waals surface area (Å²) >= 11 is 0. The number of carbonyl (C=O) groups excluding carboxylic acids is 3. The fraction of sp³-hybridized carbons (Fsp3) is 0.235. The SMILES string of the molecule is COC(=O)C(=O)CC(=O)N(Cc1cccc2ccccc12)OC. The van der Waals surface area contributed by atoms with Gasteiger partial charge in [0.1, 0.15) is 0 Å². The molecule has 6 heteroatoms. The Hall–Kier alpha value is -2.73. The monoisotopic (exact) mass is 315 g/mol. The molecule has 0 spiro atoms. The van der Waals surface area contributed by atoms with Gasteiger partial charge in [-0.05, 0) is 16.3 Å². The summed E-state index contributed by atoms with van der Waals surface area (Å²) in [6.07, 6.45) is -0.592. The van der Waals surface area contributed by atoms with Crippen molar-refractivity contribution in [3.8, 4) is 0 Å². The topological polar surface area (TPSA) is 72.9 Å². The molecule has 0 bridgehead atoms. The van der Waals surface area contributed by atoms with Crippen LogP contribution in [0, 0.1) is 0 Å². The molecule has 0 fully saturated rings. The lowest BCUT2D eigenvalue weighted by atomic mass is 10.0. The average molecular weight is 315 g/mol. The summed E-state index contributed by atoms with van der Waals surface area (Å²) in [7, 11) is 2.43. The van der Waals surface area contributed by atoms with Crippen molar-refractivity contribution in [2.24, 2.45) is 0 Å². The Kier molecular flexibility index (Phi) is 5.43. The summed E-state index contributed by atoms with van der Waals surface area (Å²) in [6.45, 7) is 0.172. The van der Waals surface area contributed by atoms with E-state index in [2.05, 4.69) is 4.74 Å². The molecule has 0 heterocycles. The Balaban J connectivity index is 2.16. The van der Waals surface area contributed by atoms with Crippen LogP contribution in [0.5, 0.6) is 0 Å². The third-order valence-corrected chi connectivity index (χ3v) is 3.42. The van der Waals surface area contributed by atoms with Crippen molar-refractivity contribution in [3.05, 3.63) is 48.0 Å². The summed E-state index contributed by atoms with van der Waals surface area (Å²) in [5.41, 5.74) is 0.879. The molecule has 0 saturated heterocycles. The van der Waals surface area contributed by atoms with Crippen LogP contribution in [0.25, 0.3) is 10.8 Å². The number of Topliss-reactive ketones (excluding diaryl/α,β-unsaturated/α-hetero) is 1. The standard InChI is InChI=1S/C17H17NO5/c1-22-17(21)15(19)10-16(20)18(23-2)11-13-8-5-7-12-6-3-4-9-14(12)13/h3-9H,10-11H2,1-2H3. The van der Waals surface area contributed by atoms with Gasteiger partial charge in [-0.15, -0.1) is 0 Å². The summed E-state index contributed by atoms with van der Waals surface area (Å²) in [4.78, 5) is 39.8. The number of rotatable bonds is 6. The first kappa shape index (κ1) is 16.6. The first-order valence-electron chi connectivity index (χ1n) is 6.99. The van der Waals surface area contributed by atoms with Gasteiger partial charge in [-0.1, -0.05) is 42.5 Å². The molecule has 120 valence electrons. The fourth-order valence-corrected chi connectivity index (χ4v) is 2.25. The molecule has 1 amide bonds. The third-order valence-electron chi connectivity index (χ3n) is 3.42. The minimum absolute atomic E-state index is 0.172. The van der Waals surface area contributed by atoms with Crippen LogP contribution in [0.4, 0.5) is 0 Å². The Morgan fingerprint density at radius 3 is 2.39 bits per heavy atom. The van der Waals surface area contributed by atoms with Crippen LogP contribution >= 0.6 is 0 Å². The van der Waals surface area contributed by atoms with Gasteiger partial charge in [0.15, 0.2) is 0 Å². The number of ether oxygens (including phenoxy) is 1. The molecule has 0 radical (unpaired) electrons. The predicted molar refractivity (Wildman–Crippen MR) is 83.1 cm³/mol. The van der Waals surface area contributed by atoms with E-state index in [0.717, 1.165) is 28.5 Å². The van der Waals surface area contributed by atoms with Gasteiger partial charge in [-0.3, -0.25) is 14.4 Å². The number of hydrogen-bond donors (Lipinski definition) is 0. The molecule has 0 atom stereocenters. The molecule has 0 aliphatic rings. The van der Waals surface area contributed by atoms with Crippen molar-refractivity contribution in [1.29, 1.82) is 0 Å². The number of amides is 1. The number of fused-ring (bicyclic) bond motifs is 1. The van der Waals surface area contributed by atoms with Crippen molar-refractivity contribution >= 4 is 28.4 Å². The van der Waals surface area contributed by atoms with Crippen molar-refractivity contribution in [2.45, 2.75) is 13.0 Å². The van der Waals surface area contributed by atoms with E-state index in [1.54, 1.807) is 0 Å². The van der Waals surface area contributed by atoms with Crippen LogP contribution < -0.4 is 0 Å². The second kappa shape index (κ2) is 7.51. The van der Waals surface area contributed by atoms with E-state index in [-0.39, 0.29) is 6.54 Å². The van der Waals surface area contributed by atoms with E-state index >= 15 is 0 Å². The third kappa shape index (κ3) is 3.92. The molecular formula is C17H17NO5. The molecule has 0 N–H and O–H groups in total. The average Bonchev–Trinajstić information content (AvgIpc) is 2.58. The van der Waals surface area contributed by atoms with Crippen molar-refractivity contribution in [1.82, 2.24) is 5.06 Å². The number of hydroxylamine groups is 2. The van der Waals surface area contributed by atoms with Gasteiger partial charge in [0.25, 0.3) is 5.91 Å². The van der Waals surface area contributed by atoms with Crippen LogP contribution in [-0.4, -0.2) is 36.9 Å². The lowest BCUT2D eigenvalue weighted by Gasteiger charge is -2.20. The Morgan fingerprint density at radius 2 is 1.70 bits per heavy atom. The van der Waals surface area contributed by atoms with Gasteiger partial charge in [0, 0.05) is 0 Å². The first-order valence-corrected chi connectivity index (χ1v) is 6.99. The Bertz CT molecular complexity index is 735. The highest BCUT2D eigenvalue weighted by Crippen LogP contribution is 2.20. The largest absolute Gasteiger partial charge is 0.463 e. The maximum Gasteiger partial charge on any atom is 0.374 e. The summed E-state index contributed by atoms with van der Waals surface area (Å²) in [5.74, 6) is -2.55. The molecule has 23 heavy (non-hydrogen) atoms. The van der Waals surface area contributed by atoms with Crippen LogP contribution in [0.15, 0.2) is 42.5 Å². The number of hydrogen-bond acceptors (Lipinski definition) is 5. The fourth-order valence-electron chi connectivity index (χ4n) is 2.25. The van der Waals surface area contributed by atoms with Gasteiger partial charge in [-0.2, -0.15) is 0 Å². The van der Waals surface area contributed by atoms with Crippen LogP contribution in [0.3, 0.4) is 0 Å². The predicted octanol–water partition coefficient (Wildman–Crippen LogP) is 1.86. The maximum absolute atomic E-state index is 12.1. The quantitative estimate of drug-likeness (QED) is 0.352. The van der Waals surface area contributed by atoms with Crippen LogP contribution in [-0.2, 0) is 30.5 Å². The number of benzene rings is 2. The van der Waals surface area contributed by atoms with E-state index in [1.807, 2.05) is 42.5 Å². The smallest absolute Gasteiger partial charge is 0.374 e. The van der Waals surface area contributed by atoms with E-state index < -0.39 is 24.1 Å². The molecular weight excluding hydrogens is 298 g/mol. The number of ketones is 1. The number of nitrogens with zero attached hydrogens (tertiary/aromatic N) is 1. The normalized spacial score (nSPS) is 10.3. The van der Waals surface area contributed by atoms with Gasteiger partial charge in [-0.25, -0.2) is 9.86 Å². The number of carbonyl (C=O) groups is 3. The highest BCUT2D eigenvalue weighted by atomic mass is 16.7. The van der Waals surface area contributed by atoms with E-state index in [1.165, 1.54) is 7.11 Å². The molecule has 2 aromatic carbocycles. The van der Waals surface area contributed by atoms with Crippen molar-refractivity contribution < 1.29 is 24.0 Å². The summed E-state index contributed by atoms with van der Waals surface area (Å²) in [5, 5.41) is 3.09. The number of methoxy groups -OCH3 is 1. The zero-order valence-electron chi connectivity index (χ0n) is 12.9. The van der Waals surface area contributed by atoms with E-state index in [4.69, 9.17) is 4.84 Å². The molecule has 2 rings (SSSR count). The molecule has 0 aromatic heterocycles. The van der Waals surface area contributed by atoms with Crippen molar-refractivity contribution in [2.75, 3.05) is 14.2 Å². The highest BCUT2D eigenvalue weighted by Gasteiger charge is 2.23.